The molecular formula is C15H22N2O2. The van der Waals surface area contributed by atoms with Crippen LogP contribution in [0.5, 0.6) is 5.75 Å². The fraction of sp³-hybridized carbons (Fsp3) is 0.533. The van der Waals surface area contributed by atoms with E-state index >= 15 is 0 Å². The lowest BCUT2D eigenvalue weighted by atomic mass is 10.2. The van der Waals surface area contributed by atoms with E-state index in [1.54, 1.807) is 0 Å². The van der Waals surface area contributed by atoms with Crippen molar-refractivity contribution in [3.8, 4) is 11.8 Å². The molecule has 1 aromatic rings. The summed E-state index contributed by atoms with van der Waals surface area (Å²) in [6.45, 7) is 7.58. The average molecular weight is 262 g/mol. The molecule has 0 fully saturated rings. The van der Waals surface area contributed by atoms with Gasteiger partial charge in [0.1, 0.15) is 11.8 Å². The minimum Gasteiger partial charge on any atom is -0.479 e. The molecule has 0 bridgehead atoms. The summed E-state index contributed by atoms with van der Waals surface area (Å²) in [6, 6.07) is 9.69. The molecule has 0 aliphatic carbocycles. The van der Waals surface area contributed by atoms with Crippen molar-refractivity contribution in [2.75, 3.05) is 26.4 Å². The van der Waals surface area contributed by atoms with Gasteiger partial charge < -0.3 is 14.8 Å². The molecule has 4 nitrogen and oxygen atoms in total. The summed E-state index contributed by atoms with van der Waals surface area (Å²) in [7, 11) is 0. The van der Waals surface area contributed by atoms with Crippen LogP contribution in [0.15, 0.2) is 24.3 Å². The first-order valence-electron chi connectivity index (χ1n) is 6.59. The topological polar surface area (TPSA) is 54.3 Å². The lowest BCUT2D eigenvalue weighted by Crippen LogP contribution is -2.20. The van der Waals surface area contributed by atoms with Crippen molar-refractivity contribution >= 4 is 0 Å². The summed E-state index contributed by atoms with van der Waals surface area (Å²) in [5.74, 6) is 1.31. The Hall–Kier alpha value is -1.57. The minimum absolute atomic E-state index is 0.0881. The number of nitriles is 1. The Balaban J connectivity index is 2.14. The first kappa shape index (κ1) is 15.5. The van der Waals surface area contributed by atoms with Crippen LogP contribution in [0.4, 0.5) is 0 Å². The summed E-state index contributed by atoms with van der Waals surface area (Å²) >= 11 is 0. The van der Waals surface area contributed by atoms with Crippen LogP contribution in [0.2, 0.25) is 0 Å². The zero-order valence-corrected chi connectivity index (χ0v) is 11.7. The van der Waals surface area contributed by atoms with Gasteiger partial charge in [-0.25, -0.2) is 0 Å². The molecule has 0 spiro atoms. The highest BCUT2D eigenvalue weighted by molar-refractivity contribution is 5.27. The number of ether oxygens (including phenoxy) is 2. The molecule has 0 amide bonds. The van der Waals surface area contributed by atoms with E-state index in [4.69, 9.17) is 14.7 Å². The van der Waals surface area contributed by atoms with E-state index in [-0.39, 0.29) is 6.61 Å². The molecule has 0 aliphatic heterocycles. The quantitative estimate of drug-likeness (QED) is 0.694. The first-order chi connectivity index (χ1) is 9.22. The predicted octanol–water partition coefficient (Wildman–Crippen LogP) is 2.35. The molecule has 0 saturated heterocycles. The van der Waals surface area contributed by atoms with E-state index in [0.29, 0.717) is 5.92 Å². The molecule has 0 saturated carbocycles. The second-order valence-electron chi connectivity index (χ2n) is 4.74. The molecule has 1 N–H and O–H groups in total. The van der Waals surface area contributed by atoms with Crippen molar-refractivity contribution in [2.24, 2.45) is 5.92 Å². The van der Waals surface area contributed by atoms with Crippen LogP contribution in [0, 0.1) is 17.2 Å². The van der Waals surface area contributed by atoms with Gasteiger partial charge in [0.2, 0.25) is 0 Å². The van der Waals surface area contributed by atoms with Crippen LogP contribution in [-0.2, 0) is 11.3 Å². The summed E-state index contributed by atoms with van der Waals surface area (Å²) in [6.07, 6.45) is 0. The summed E-state index contributed by atoms with van der Waals surface area (Å²) in [4.78, 5) is 0. The van der Waals surface area contributed by atoms with Gasteiger partial charge in [0, 0.05) is 19.7 Å². The highest BCUT2D eigenvalue weighted by atomic mass is 16.5. The third-order valence-electron chi connectivity index (χ3n) is 2.43. The Morgan fingerprint density at radius 1 is 1.26 bits per heavy atom. The Morgan fingerprint density at radius 3 is 2.63 bits per heavy atom. The van der Waals surface area contributed by atoms with E-state index < -0.39 is 0 Å². The highest BCUT2D eigenvalue weighted by Crippen LogP contribution is 2.11. The molecule has 1 rings (SSSR count). The third kappa shape index (κ3) is 7.45. The largest absolute Gasteiger partial charge is 0.479 e. The maximum atomic E-state index is 8.41. The first-order valence-corrected chi connectivity index (χ1v) is 6.59. The van der Waals surface area contributed by atoms with Gasteiger partial charge in [-0.1, -0.05) is 26.0 Å². The zero-order valence-electron chi connectivity index (χ0n) is 11.7. The van der Waals surface area contributed by atoms with E-state index in [1.165, 1.54) is 5.56 Å². The molecule has 1 aromatic carbocycles. The van der Waals surface area contributed by atoms with Gasteiger partial charge in [0.25, 0.3) is 0 Å². The normalized spacial score (nSPS) is 10.4. The zero-order chi connectivity index (χ0) is 13.9. The van der Waals surface area contributed by atoms with E-state index in [1.807, 2.05) is 30.3 Å². The van der Waals surface area contributed by atoms with Crippen LogP contribution in [-0.4, -0.2) is 26.4 Å². The molecule has 0 aliphatic rings. The number of benzene rings is 1. The SMILES string of the molecule is CC(C)COCCNCc1ccc(OCC#N)cc1. The molecule has 0 radical (unpaired) electrons. The molecule has 4 heteroatoms. The molecular weight excluding hydrogens is 240 g/mol. The fourth-order valence-electron chi connectivity index (χ4n) is 1.52. The van der Waals surface area contributed by atoms with Crippen LogP contribution >= 0.6 is 0 Å². The van der Waals surface area contributed by atoms with Crippen LogP contribution in [0.3, 0.4) is 0 Å². The third-order valence-corrected chi connectivity index (χ3v) is 2.43. The van der Waals surface area contributed by atoms with Gasteiger partial charge in [0.15, 0.2) is 6.61 Å². The fourth-order valence-corrected chi connectivity index (χ4v) is 1.52. The molecule has 19 heavy (non-hydrogen) atoms. The monoisotopic (exact) mass is 262 g/mol. The Kier molecular flexibility index (Phi) is 7.64. The molecule has 0 heterocycles. The van der Waals surface area contributed by atoms with Crippen molar-refractivity contribution < 1.29 is 9.47 Å². The van der Waals surface area contributed by atoms with E-state index in [2.05, 4.69) is 19.2 Å². The average Bonchev–Trinajstić information content (AvgIpc) is 2.41. The van der Waals surface area contributed by atoms with Crippen molar-refractivity contribution in [1.29, 1.82) is 5.26 Å². The van der Waals surface area contributed by atoms with E-state index in [9.17, 15) is 0 Å². The lowest BCUT2D eigenvalue weighted by molar-refractivity contribution is 0.111. The maximum absolute atomic E-state index is 8.41. The number of nitrogens with one attached hydrogen (secondary N) is 1. The van der Waals surface area contributed by atoms with Gasteiger partial charge in [-0.05, 0) is 23.6 Å². The van der Waals surface area contributed by atoms with Crippen LogP contribution in [0.25, 0.3) is 0 Å². The van der Waals surface area contributed by atoms with Gasteiger partial charge in [0.05, 0.1) is 6.61 Å². The Labute approximate surface area is 115 Å². The van der Waals surface area contributed by atoms with Crippen LogP contribution in [0.1, 0.15) is 19.4 Å². The van der Waals surface area contributed by atoms with E-state index in [0.717, 1.165) is 32.1 Å². The Bertz CT molecular complexity index is 382. The van der Waals surface area contributed by atoms with Crippen molar-refractivity contribution in [3.05, 3.63) is 29.8 Å². The van der Waals surface area contributed by atoms with Crippen molar-refractivity contribution in [1.82, 2.24) is 5.32 Å². The number of hydrogen-bond acceptors (Lipinski definition) is 4. The van der Waals surface area contributed by atoms with Gasteiger partial charge in [-0.3, -0.25) is 0 Å². The number of nitrogens with zero attached hydrogens (tertiary/aromatic N) is 1. The summed E-state index contributed by atoms with van der Waals surface area (Å²) < 4.78 is 10.7. The standard InChI is InChI=1S/C15H22N2O2/c1-13(2)12-18-10-8-17-11-14-3-5-15(6-4-14)19-9-7-16/h3-6,13,17H,8-12H2,1-2H3. The van der Waals surface area contributed by atoms with Gasteiger partial charge >= 0.3 is 0 Å². The van der Waals surface area contributed by atoms with Crippen molar-refractivity contribution in [2.45, 2.75) is 20.4 Å². The molecule has 104 valence electrons. The van der Waals surface area contributed by atoms with Gasteiger partial charge in [-0.15, -0.1) is 0 Å². The lowest BCUT2D eigenvalue weighted by Gasteiger charge is -2.08. The molecule has 0 unspecified atom stereocenters. The minimum atomic E-state index is 0.0881. The summed E-state index contributed by atoms with van der Waals surface area (Å²) in [5, 5.41) is 11.7. The number of rotatable bonds is 9. The van der Waals surface area contributed by atoms with Crippen molar-refractivity contribution in [3.63, 3.8) is 0 Å². The summed E-state index contributed by atoms with van der Waals surface area (Å²) in [5.41, 5.74) is 1.19. The molecule has 0 aromatic heterocycles. The smallest absolute Gasteiger partial charge is 0.174 e. The van der Waals surface area contributed by atoms with Crippen LogP contribution < -0.4 is 10.1 Å². The molecule has 0 atom stereocenters. The maximum Gasteiger partial charge on any atom is 0.174 e. The second kappa shape index (κ2) is 9.37. The number of hydrogen-bond donors (Lipinski definition) is 1. The predicted molar refractivity (Wildman–Crippen MR) is 74.9 cm³/mol. The second-order valence-corrected chi connectivity index (χ2v) is 4.74. The highest BCUT2D eigenvalue weighted by Gasteiger charge is 1.96. The Morgan fingerprint density at radius 2 is 2.00 bits per heavy atom. The van der Waals surface area contributed by atoms with Gasteiger partial charge in [-0.2, -0.15) is 5.26 Å².